The standard InChI is InChI=1S/C17H25NO2/c1-15(2)16-7-3-4-8-17(16)20-12-6-5-9-18-10-13-19-14-11-18/h3-8,15H,9-14H2,1-2H3/b6-5+. The van der Waals surface area contributed by atoms with Crippen LogP contribution in [0.1, 0.15) is 25.3 Å². The lowest BCUT2D eigenvalue weighted by molar-refractivity contribution is 0.0434. The zero-order valence-corrected chi connectivity index (χ0v) is 12.5. The molecule has 1 heterocycles. The number of ether oxygens (including phenoxy) is 2. The van der Waals surface area contributed by atoms with Crippen LogP contribution >= 0.6 is 0 Å². The summed E-state index contributed by atoms with van der Waals surface area (Å²) in [5, 5.41) is 0. The van der Waals surface area contributed by atoms with Gasteiger partial charge in [-0.3, -0.25) is 4.90 Å². The molecule has 0 bridgehead atoms. The van der Waals surface area contributed by atoms with E-state index in [0.717, 1.165) is 38.6 Å². The highest BCUT2D eigenvalue weighted by Gasteiger charge is 2.08. The molecule has 0 atom stereocenters. The maximum absolute atomic E-state index is 5.86. The van der Waals surface area contributed by atoms with E-state index in [1.807, 2.05) is 12.1 Å². The third-order valence-electron chi connectivity index (χ3n) is 3.51. The first-order valence-corrected chi connectivity index (χ1v) is 7.44. The minimum Gasteiger partial charge on any atom is -0.489 e. The highest BCUT2D eigenvalue weighted by molar-refractivity contribution is 5.35. The molecule has 0 amide bonds. The van der Waals surface area contributed by atoms with Crippen molar-refractivity contribution in [2.75, 3.05) is 39.5 Å². The van der Waals surface area contributed by atoms with Gasteiger partial charge in [-0.1, -0.05) is 44.2 Å². The first-order chi connectivity index (χ1) is 9.77. The van der Waals surface area contributed by atoms with Crippen LogP contribution in [-0.4, -0.2) is 44.4 Å². The Bertz CT molecular complexity index is 423. The van der Waals surface area contributed by atoms with Crippen LogP contribution in [0.2, 0.25) is 0 Å². The Labute approximate surface area is 122 Å². The molecule has 0 spiro atoms. The average Bonchev–Trinajstić information content (AvgIpc) is 2.48. The van der Waals surface area contributed by atoms with Crippen LogP contribution in [0.3, 0.4) is 0 Å². The smallest absolute Gasteiger partial charge is 0.123 e. The summed E-state index contributed by atoms with van der Waals surface area (Å²) in [6.45, 7) is 9.76. The fraction of sp³-hybridized carbons (Fsp3) is 0.529. The van der Waals surface area contributed by atoms with E-state index in [-0.39, 0.29) is 0 Å². The Hall–Kier alpha value is -1.32. The summed E-state index contributed by atoms with van der Waals surface area (Å²) in [5.41, 5.74) is 1.27. The van der Waals surface area contributed by atoms with E-state index >= 15 is 0 Å². The number of rotatable bonds is 6. The van der Waals surface area contributed by atoms with Gasteiger partial charge in [-0.2, -0.15) is 0 Å². The monoisotopic (exact) mass is 275 g/mol. The Morgan fingerprint density at radius 1 is 1.20 bits per heavy atom. The highest BCUT2D eigenvalue weighted by atomic mass is 16.5. The summed E-state index contributed by atoms with van der Waals surface area (Å²) in [6, 6.07) is 8.28. The molecule has 2 rings (SSSR count). The van der Waals surface area contributed by atoms with E-state index in [1.165, 1.54) is 5.56 Å². The summed E-state index contributed by atoms with van der Waals surface area (Å²) in [7, 11) is 0. The highest BCUT2D eigenvalue weighted by Crippen LogP contribution is 2.25. The topological polar surface area (TPSA) is 21.7 Å². The fourth-order valence-electron chi connectivity index (χ4n) is 2.30. The Morgan fingerprint density at radius 2 is 1.95 bits per heavy atom. The number of hydrogen-bond acceptors (Lipinski definition) is 3. The zero-order chi connectivity index (χ0) is 14.2. The predicted molar refractivity (Wildman–Crippen MR) is 82.4 cm³/mol. The van der Waals surface area contributed by atoms with Gasteiger partial charge in [0.15, 0.2) is 0 Å². The molecule has 0 radical (unpaired) electrons. The quantitative estimate of drug-likeness (QED) is 0.745. The summed E-state index contributed by atoms with van der Waals surface area (Å²) < 4.78 is 11.2. The van der Waals surface area contributed by atoms with E-state index < -0.39 is 0 Å². The molecule has 1 aromatic rings. The number of nitrogens with zero attached hydrogens (tertiary/aromatic N) is 1. The van der Waals surface area contributed by atoms with Gasteiger partial charge in [0.05, 0.1) is 13.2 Å². The molecular formula is C17H25NO2. The largest absolute Gasteiger partial charge is 0.489 e. The van der Waals surface area contributed by atoms with Crippen LogP contribution in [0.15, 0.2) is 36.4 Å². The minimum atomic E-state index is 0.489. The molecule has 110 valence electrons. The number of hydrogen-bond donors (Lipinski definition) is 0. The summed E-state index contributed by atoms with van der Waals surface area (Å²) in [4.78, 5) is 2.39. The van der Waals surface area contributed by atoms with Crippen molar-refractivity contribution in [1.82, 2.24) is 4.90 Å². The van der Waals surface area contributed by atoms with Crippen LogP contribution in [-0.2, 0) is 4.74 Å². The molecule has 3 heteroatoms. The molecule has 3 nitrogen and oxygen atoms in total. The number of para-hydroxylation sites is 1. The van der Waals surface area contributed by atoms with Crippen molar-refractivity contribution >= 4 is 0 Å². The first-order valence-electron chi connectivity index (χ1n) is 7.44. The normalized spacial score (nSPS) is 16.9. The van der Waals surface area contributed by atoms with Crippen LogP contribution in [0.5, 0.6) is 5.75 Å². The van der Waals surface area contributed by atoms with Crippen molar-refractivity contribution in [3.05, 3.63) is 42.0 Å². The average molecular weight is 275 g/mol. The summed E-state index contributed by atoms with van der Waals surface area (Å²) in [5.74, 6) is 1.49. The molecule has 1 saturated heterocycles. The van der Waals surface area contributed by atoms with Crippen molar-refractivity contribution in [2.24, 2.45) is 0 Å². The molecular weight excluding hydrogens is 250 g/mol. The van der Waals surface area contributed by atoms with E-state index in [2.05, 4.69) is 43.0 Å². The second-order valence-corrected chi connectivity index (χ2v) is 5.39. The van der Waals surface area contributed by atoms with Crippen LogP contribution < -0.4 is 4.74 Å². The third-order valence-corrected chi connectivity index (χ3v) is 3.51. The van der Waals surface area contributed by atoms with Crippen LogP contribution in [0.25, 0.3) is 0 Å². The zero-order valence-electron chi connectivity index (χ0n) is 12.5. The predicted octanol–water partition coefficient (Wildman–Crippen LogP) is 3.08. The lowest BCUT2D eigenvalue weighted by Crippen LogP contribution is -2.36. The van der Waals surface area contributed by atoms with E-state index in [1.54, 1.807) is 0 Å². The van der Waals surface area contributed by atoms with Crippen molar-refractivity contribution in [3.8, 4) is 5.75 Å². The van der Waals surface area contributed by atoms with Gasteiger partial charge in [-0.05, 0) is 17.5 Å². The van der Waals surface area contributed by atoms with E-state index in [9.17, 15) is 0 Å². The van der Waals surface area contributed by atoms with Gasteiger partial charge < -0.3 is 9.47 Å². The SMILES string of the molecule is CC(C)c1ccccc1OC/C=C/CN1CCOCC1. The van der Waals surface area contributed by atoms with Gasteiger partial charge in [0.25, 0.3) is 0 Å². The van der Waals surface area contributed by atoms with Crippen LogP contribution in [0, 0.1) is 0 Å². The Morgan fingerprint density at radius 3 is 2.70 bits per heavy atom. The molecule has 0 N–H and O–H groups in total. The molecule has 0 aliphatic carbocycles. The van der Waals surface area contributed by atoms with Crippen molar-refractivity contribution in [2.45, 2.75) is 19.8 Å². The Balaban J connectivity index is 1.75. The van der Waals surface area contributed by atoms with Crippen LogP contribution in [0.4, 0.5) is 0 Å². The summed E-state index contributed by atoms with van der Waals surface area (Å²) in [6.07, 6.45) is 4.29. The maximum atomic E-state index is 5.86. The van der Waals surface area contributed by atoms with Crippen molar-refractivity contribution in [3.63, 3.8) is 0 Å². The molecule has 1 aromatic carbocycles. The molecule has 1 fully saturated rings. The lowest BCUT2D eigenvalue weighted by atomic mass is 10.0. The third kappa shape index (κ3) is 4.66. The van der Waals surface area contributed by atoms with Gasteiger partial charge in [-0.15, -0.1) is 0 Å². The molecule has 0 aromatic heterocycles. The van der Waals surface area contributed by atoms with Crippen molar-refractivity contribution < 1.29 is 9.47 Å². The molecule has 20 heavy (non-hydrogen) atoms. The second-order valence-electron chi connectivity index (χ2n) is 5.39. The Kier molecular flexibility index (Phi) is 6.09. The van der Waals surface area contributed by atoms with Gasteiger partial charge in [0.1, 0.15) is 12.4 Å². The van der Waals surface area contributed by atoms with Gasteiger partial charge in [-0.25, -0.2) is 0 Å². The number of morpholine rings is 1. The minimum absolute atomic E-state index is 0.489. The molecule has 1 aliphatic heterocycles. The van der Waals surface area contributed by atoms with Gasteiger partial charge in [0.2, 0.25) is 0 Å². The van der Waals surface area contributed by atoms with E-state index in [4.69, 9.17) is 9.47 Å². The molecule has 0 saturated carbocycles. The molecule has 0 unspecified atom stereocenters. The number of benzene rings is 1. The molecule has 1 aliphatic rings. The second kappa shape index (κ2) is 8.08. The first kappa shape index (κ1) is 15.1. The van der Waals surface area contributed by atoms with Gasteiger partial charge >= 0.3 is 0 Å². The van der Waals surface area contributed by atoms with Gasteiger partial charge in [0, 0.05) is 19.6 Å². The maximum Gasteiger partial charge on any atom is 0.123 e. The van der Waals surface area contributed by atoms with E-state index in [0.29, 0.717) is 12.5 Å². The lowest BCUT2D eigenvalue weighted by Gasteiger charge is -2.25. The summed E-state index contributed by atoms with van der Waals surface area (Å²) >= 11 is 0. The van der Waals surface area contributed by atoms with Crippen molar-refractivity contribution in [1.29, 1.82) is 0 Å². The fourth-order valence-corrected chi connectivity index (χ4v) is 2.30.